The molecule has 0 saturated carbocycles. The van der Waals surface area contributed by atoms with Gasteiger partial charge in [0.1, 0.15) is 6.04 Å². The number of anilines is 3. The number of nitriles is 1. The standard InChI is InChI=1S/C23H26N6OS/c1-16-13-28(19-4-2-17(11-24)3-5-19)7-6-27(16)14-18-10-20-22(25-12-18)29-8-9-31-15-21(29)23(30)26-20/h2-5,10,12,16,21H,6-9,13-15H2,1H3,(H,26,30)/t16-,21-/m0/s1. The summed E-state index contributed by atoms with van der Waals surface area (Å²) in [5, 5.41) is 12.1. The van der Waals surface area contributed by atoms with Crippen molar-refractivity contribution < 1.29 is 4.79 Å². The van der Waals surface area contributed by atoms with Gasteiger partial charge in [-0.1, -0.05) is 0 Å². The maximum absolute atomic E-state index is 12.5. The average molecular weight is 435 g/mol. The largest absolute Gasteiger partial charge is 0.369 e. The lowest BCUT2D eigenvalue weighted by Crippen LogP contribution is -2.53. The molecule has 1 amide bonds. The van der Waals surface area contributed by atoms with Gasteiger partial charge >= 0.3 is 0 Å². The first-order valence-corrected chi connectivity index (χ1v) is 11.9. The smallest absolute Gasteiger partial charge is 0.248 e. The molecule has 5 rings (SSSR count). The third kappa shape index (κ3) is 3.95. The van der Waals surface area contributed by atoms with Crippen molar-refractivity contribution in [3.63, 3.8) is 0 Å². The fraction of sp³-hybridized carbons (Fsp3) is 0.435. The number of pyridine rings is 1. The van der Waals surface area contributed by atoms with E-state index in [1.807, 2.05) is 42.2 Å². The molecule has 0 radical (unpaired) electrons. The Kier molecular flexibility index (Phi) is 5.47. The third-order valence-electron chi connectivity index (χ3n) is 6.40. The second-order valence-corrected chi connectivity index (χ2v) is 9.56. The zero-order valence-electron chi connectivity index (χ0n) is 17.6. The normalized spacial score (nSPS) is 23.5. The van der Waals surface area contributed by atoms with Gasteiger partial charge in [-0.2, -0.15) is 17.0 Å². The number of nitrogens with zero attached hydrogens (tertiary/aromatic N) is 5. The number of thioether (sulfide) groups is 1. The summed E-state index contributed by atoms with van der Waals surface area (Å²) in [6.45, 7) is 6.77. The monoisotopic (exact) mass is 434 g/mol. The van der Waals surface area contributed by atoms with Crippen LogP contribution in [-0.4, -0.2) is 65.6 Å². The van der Waals surface area contributed by atoms with Gasteiger partial charge in [-0.25, -0.2) is 4.98 Å². The SMILES string of the molecule is C[C@H]1CN(c2ccc(C#N)cc2)CCN1Cc1cnc2c(c1)NC(=O)[C@@H]1CSCCN21. The second-order valence-electron chi connectivity index (χ2n) is 8.41. The molecule has 160 valence electrons. The van der Waals surface area contributed by atoms with E-state index in [0.717, 1.165) is 67.0 Å². The molecule has 0 unspecified atom stereocenters. The highest BCUT2D eigenvalue weighted by Gasteiger charge is 2.36. The van der Waals surface area contributed by atoms with Gasteiger partial charge in [0, 0.05) is 62.2 Å². The van der Waals surface area contributed by atoms with Crippen molar-refractivity contribution in [2.24, 2.45) is 0 Å². The summed E-state index contributed by atoms with van der Waals surface area (Å²) in [5.74, 6) is 2.86. The summed E-state index contributed by atoms with van der Waals surface area (Å²) in [5.41, 5.74) is 3.83. The van der Waals surface area contributed by atoms with E-state index in [2.05, 4.69) is 39.1 Å². The lowest BCUT2D eigenvalue weighted by Gasteiger charge is -2.41. The first-order chi connectivity index (χ1) is 15.1. The van der Waals surface area contributed by atoms with Gasteiger partial charge in [0.25, 0.3) is 0 Å². The molecule has 3 aliphatic rings. The molecule has 0 aliphatic carbocycles. The Balaban J connectivity index is 1.26. The number of benzene rings is 1. The van der Waals surface area contributed by atoms with Crippen molar-refractivity contribution in [3.05, 3.63) is 47.7 Å². The summed E-state index contributed by atoms with van der Waals surface area (Å²) in [6, 6.07) is 12.4. The molecule has 2 atom stereocenters. The molecule has 1 aromatic heterocycles. The van der Waals surface area contributed by atoms with E-state index in [4.69, 9.17) is 10.2 Å². The molecule has 0 bridgehead atoms. The van der Waals surface area contributed by atoms with Crippen LogP contribution in [0, 0.1) is 11.3 Å². The van der Waals surface area contributed by atoms with Gasteiger partial charge in [0.2, 0.25) is 5.91 Å². The highest BCUT2D eigenvalue weighted by Crippen LogP contribution is 2.34. The number of carbonyl (C=O) groups is 1. The third-order valence-corrected chi connectivity index (χ3v) is 7.42. The first-order valence-electron chi connectivity index (χ1n) is 10.8. The fourth-order valence-corrected chi connectivity index (χ4v) is 5.69. The Morgan fingerprint density at radius 1 is 1.26 bits per heavy atom. The maximum Gasteiger partial charge on any atom is 0.248 e. The summed E-state index contributed by atoms with van der Waals surface area (Å²) >= 11 is 1.83. The van der Waals surface area contributed by atoms with E-state index in [1.165, 1.54) is 0 Å². The van der Waals surface area contributed by atoms with Gasteiger partial charge in [-0.05, 0) is 42.8 Å². The summed E-state index contributed by atoms with van der Waals surface area (Å²) in [6.07, 6.45) is 1.97. The van der Waals surface area contributed by atoms with E-state index < -0.39 is 0 Å². The molecule has 2 fully saturated rings. The van der Waals surface area contributed by atoms with Crippen molar-refractivity contribution in [2.45, 2.75) is 25.6 Å². The Morgan fingerprint density at radius 2 is 2.10 bits per heavy atom. The van der Waals surface area contributed by atoms with Crippen LogP contribution in [0.5, 0.6) is 0 Å². The molecular weight excluding hydrogens is 408 g/mol. The molecule has 8 heteroatoms. The molecule has 2 saturated heterocycles. The number of carbonyl (C=O) groups excluding carboxylic acids is 1. The van der Waals surface area contributed by atoms with Crippen LogP contribution in [0.15, 0.2) is 36.5 Å². The minimum absolute atomic E-state index is 0.0862. The van der Waals surface area contributed by atoms with Gasteiger partial charge in [-0.15, -0.1) is 0 Å². The topological polar surface area (TPSA) is 75.5 Å². The Morgan fingerprint density at radius 3 is 2.87 bits per heavy atom. The molecule has 0 spiro atoms. The van der Waals surface area contributed by atoms with E-state index >= 15 is 0 Å². The zero-order chi connectivity index (χ0) is 21.4. The molecule has 7 nitrogen and oxygen atoms in total. The minimum Gasteiger partial charge on any atom is -0.369 e. The van der Waals surface area contributed by atoms with E-state index in [0.29, 0.717) is 11.6 Å². The van der Waals surface area contributed by atoms with Gasteiger partial charge in [0.15, 0.2) is 5.82 Å². The van der Waals surface area contributed by atoms with Crippen LogP contribution in [0.3, 0.4) is 0 Å². The van der Waals surface area contributed by atoms with Crippen molar-refractivity contribution in [2.75, 3.05) is 52.8 Å². The Bertz CT molecular complexity index is 1020. The summed E-state index contributed by atoms with van der Waals surface area (Å²) < 4.78 is 0. The lowest BCUT2D eigenvalue weighted by atomic mass is 10.1. The fourth-order valence-electron chi connectivity index (χ4n) is 4.64. The summed E-state index contributed by atoms with van der Waals surface area (Å²) in [4.78, 5) is 24.3. The van der Waals surface area contributed by atoms with Crippen LogP contribution in [0.2, 0.25) is 0 Å². The number of amides is 1. The van der Waals surface area contributed by atoms with Crippen molar-refractivity contribution in [1.29, 1.82) is 5.26 Å². The average Bonchev–Trinajstić information content (AvgIpc) is 2.80. The number of piperazine rings is 1. The predicted octanol–water partition coefficient (Wildman–Crippen LogP) is 2.54. The number of fused-ring (bicyclic) bond motifs is 3. The van der Waals surface area contributed by atoms with Crippen LogP contribution in [-0.2, 0) is 11.3 Å². The number of hydrogen-bond donors (Lipinski definition) is 1. The second kappa shape index (κ2) is 8.40. The van der Waals surface area contributed by atoms with Crippen LogP contribution in [0.25, 0.3) is 0 Å². The van der Waals surface area contributed by atoms with Gasteiger partial charge in [-0.3, -0.25) is 9.69 Å². The zero-order valence-corrected chi connectivity index (χ0v) is 18.4. The molecule has 1 aromatic carbocycles. The van der Waals surface area contributed by atoms with Crippen molar-refractivity contribution in [1.82, 2.24) is 9.88 Å². The van der Waals surface area contributed by atoms with E-state index in [1.54, 1.807) is 0 Å². The quantitative estimate of drug-likeness (QED) is 0.796. The molecule has 31 heavy (non-hydrogen) atoms. The van der Waals surface area contributed by atoms with Gasteiger partial charge in [0.05, 0.1) is 17.3 Å². The van der Waals surface area contributed by atoms with E-state index in [-0.39, 0.29) is 11.9 Å². The van der Waals surface area contributed by atoms with Crippen molar-refractivity contribution >= 4 is 34.9 Å². The molecule has 4 heterocycles. The van der Waals surface area contributed by atoms with Crippen LogP contribution in [0.4, 0.5) is 17.2 Å². The predicted molar refractivity (Wildman–Crippen MR) is 125 cm³/mol. The van der Waals surface area contributed by atoms with Crippen LogP contribution < -0.4 is 15.1 Å². The Hall–Kier alpha value is -2.76. The van der Waals surface area contributed by atoms with Crippen LogP contribution >= 0.6 is 11.8 Å². The molecule has 2 aromatic rings. The lowest BCUT2D eigenvalue weighted by molar-refractivity contribution is -0.117. The summed E-state index contributed by atoms with van der Waals surface area (Å²) in [7, 11) is 0. The molecular formula is C23H26N6OS. The Labute approximate surface area is 187 Å². The molecule has 3 aliphatic heterocycles. The van der Waals surface area contributed by atoms with Gasteiger partial charge < -0.3 is 15.1 Å². The highest BCUT2D eigenvalue weighted by atomic mass is 32.2. The number of aromatic nitrogens is 1. The first kappa shape index (κ1) is 20.2. The number of hydrogen-bond acceptors (Lipinski definition) is 7. The minimum atomic E-state index is -0.0973. The highest BCUT2D eigenvalue weighted by molar-refractivity contribution is 7.99. The number of rotatable bonds is 3. The maximum atomic E-state index is 12.5. The number of nitrogens with one attached hydrogen (secondary N) is 1. The van der Waals surface area contributed by atoms with Crippen molar-refractivity contribution in [3.8, 4) is 6.07 Å². The molecule has 1 N–H and O–H groups in total. The van der Waals surface area contributed by atoms with Crippen LogP contribution in [0.1, 0.15) is 18.1 Å². The van der Waals surface area contributed by atoms with E-state index in [9.17, 15) is 4.79 Å².